The Morgan fingerprint density at radius 1 is 1.08 bits per heavy atom. The number of alkyl halides is 3. The molecule has 202 valence electrons. The Hall–Kier alpha value is -3.91. The maximum Gasteiger partial charge on any atom is 0.490 e. The number of piperidine rings is 1. The van der Waals surface area contributed by atoms with E-state index >= 15 is 0 Å². The topological polar surface area (TPSA) is 147 Å². The van der Waals surface area contributed by atoms with Gasteiger partial charge >= 0.3 is 12.1 Å². The zero-order chi connectivity index (χ0) is 28.0. The van der Waals surface area contributed by atoms with Crippen LogP contribution in [0.5, 0.6) is 0 Å². The van der Waals surface area contributed by atoms with Crippen molar-refractivity contribution in [3.63, 3.8) is 0 Å². The number of hydrogen-bond donors (Lipinski definition) is 3. The van der Waals surface area contributed by atoms with Gasteiger partial charge in [0.05, 0.1) is 26.6 Å². The minimum Gasteiger partial charge on any atom is -0.481 e. The summed E-state index contributed by atoms with van der Waals surface area (Å²) in [6.07, 6.45) is -2.99. The number of halogens is 3. The molecule has 1 saturated heterocycles. The second-order valence-electron chi connectivity index (χ2n) is 8.27. The molecule has 1 aliphatic heterocycles. The Morgan fingerprint density at radius 3 is 2.32 bits per heavy atom. The summed E-state index contributed by atoms with van der Waals surface area (Å²) >= 11 is 1.65. The fourth-order valence-electron chi connectivity index (χ4n) is 3.69. The molecule has 0 saturated carbocycles. The van der Waals surface area contributed by atoms with Crippen molar-refractivity contribution in [2.45, 2.75) is 38.8 Å². The lowest BCUT2D eigenvalue weighted by Gasteiger charge is -2.22. The molecule has 38 heavy (non-hydrogen) atoms. The van der Waals surface area contributed by atoms with Crippen LogP contribution < -0.4 is 10.9 Å². The van der Waals surface area contributed by atoms with Gasteiger partial charge in [-0.25, -0.2) is 14.8 Å². The van der Waals surface area contributed by atoms with Crippen LogP contribution in [0.1, 0.15) is 36.4 Å². The van der Waals surface area contributed by atoms with Crippen LogP contribution in [0.25, 0.3) is 27.1 Å². The number of carboxylic acids is 2. The van der Waals surface area contributed by atoms with E-state index in [1.165, 1.54) is 4.52 Å². The predicted octanol–water partition coefficient (Wildman–Crippen LogP) is 3.87. The van der Waals surface area contributed by atoms with Crippen molar-refractivity contribution in [2.75, 3.05) is 13.1 Å². The largest absolute Gasteiger partial charge is 0.490 e. The van der Waals surface area contributed by atoms with Crippen molar-refractivity contribution in [1.82, 2.24) is 24.9 Å². The van der Waals surface area contributed by atoms with Gasteiger partial charge in [0.25, 0.3) is 11.5 Å². The standard InChI is InChI=1S/C20H19N5OS.C2HF3O2.C2H4O2/c1-12-22-16-3-2-14(10-18(16)27-12)17-11-20(26)25-19(23-17)5-4-15(24-25)13-6-8-21-9-7-13;3-2(4,5)1(6)7;1-2(3)4/h2-5,10-11,13,21H,6-9H2,1H3;(H,6,7);1H3,(H,3,4). The van der Waals surface area contributed by atoms with Crippen LogP contribution in [0.2, 0.25) is 0 Å². The normalized spacial score (nSPS) is 13.8. The summed E-state index contributed by atoms with van der Waals surface area (Å²) in [5.74, 6) is -3.19. The number of aromatic nitrogens is 4. The van der Waals surface area contributed by atoms with E-state index in [9.17, 15) is 18.0 Å². The van der Waals surface area contributed by atoms with Crippen molar-refractivity contribution in [3.8, 4) is 11.3 Å². The quantitative estimate of drug-likeness (QED) is 0.338. The maximum atomic E-state index is 12.7. The molecular weight excluding hydrogens is 527 g/mol. The first-order valence-electron chi connectivity index (χ1n) is 11.3. The van der Waals surface area contributed by atoms with Crippen molar-refractivity contribution in [2.24, 2.45) is 0 Å². The highest BCUT2D eigenvalue weighted by atomic mass is 32.1. The highest BCUT2D eigenvalue weighted by Crippen LogP contribution is 2.27. The van der Waals surface area contributed by atoms with Crippen LogP contribution in [0.3, 0.4) is 0 Å². The van der Waals surface area contributed by atoms with E-state index < -0.39 is 18.1 Å². The summed E-state index contributed by atoms with van der Waals surface area (Å²) in [4.78, 5) is 39.8. The third-order valence-corrected chi connectivity index (χ3v) is 6.26. The van der Waals surface area contributed by atoms with Gasteiger partial charge < -0.3 is 15.5 Å². The summed E-state index contributed by atoms with van der Waals surface area (Å²) < 4.78 is 34.3. The van der Waals surface area contributed by atoms with Crippen molar-refractivity contribution in [3.05, 3.63) is 57.5 Å². The van der Waals surface area contributed by atoms with Gasteiger partial charge in [0.15, 0.2) is 5.65 Å². The number of carbonyl (C=O) groups is 2. The highest BCUT2D eigenvalue weighted by Gasteiger charge is 2.38. The maximum absolute atomic E-state index is 12.7. The summed E-state index contributed by atoms with van der Waals surface area (Å²) in [5.41, 5.74) is 3.98. The average Bonchev–Trinajstić information content (AvgIpc) is 3.23. The third kappa shape index (κ3) is 7.55. The first-order chi connectivity index (χ1) is 17.8. The van der Waals surface area contributed by atoms with Gasteiger partial charge in [-0.1, -0.05) is 6.07 Å². The Kier molecular flexibility index (Phi) is 9.12. The summed E-state index contributed by atoms with van der Waals surface area (Å²) in [5, 5.41) is 23.5. The molecule has 0 unspecified atom stereocenters. The lowest BCUT2D eigenvalue weighted by molar-refractivity contribution is -0.192. The molecule has 5 rings (SSSR count). The van der Waals surface area contributed by atoms with Gasteiger partial charge in [0, 0.05) is 24.5 Å². The van der Waals surface area contributed by atoms with Crippen molar-refractivity contribution >= 4 is 39.1 Å². The van der Waals surface area contributed by atoms with Crippen LogP contribution in [-0.2, 0) is 9.59 Å². The van der Waals surface area contributed by atoms with E-state index in [0.717, 1.165) is 59.3 Å². The van der Waals surface area contributed by atoms with Gasteiger partial charge in [-0.05, 0) is 57.1 Å². The monoisotopic (exact) mass is 551 g/mol. The number of carboxylic acid groups (broad SMARTS) is 2. The number of thiazole rings is 1. The van der Waals surface area contributed by atoms with Crippen LogP contribution in [0.4, 0.5) is 13.2 Å². The molecule has 4 heterocycles. The Morgan fingerprint density at radius 2 is 1.71 bits per heavy atom. The van der Waals surface area contributed by atoms with Gasteiger partial charge in [0.2, 0.25) is 0 Å². The molecule has 0 radical (unpaired) electrons. The molecule has 0 bridgehead atoms. The number of aryl methyl sites for hydroxylation is 1. The van der Waals surface area contributed by atoms with Gasteiger partial charge in [0.1, 0.15) is 0 Å². The molecule has 0 spiro atoms. The smallest absolute Gasteiger partial charge is 0.481 e. The predicted molar refractivity (Wildman–Crippen MR) is 134 cm³/mol. The molecule has 10 nitrogen and oxygen atoms in total. The molecule has 1 aliphatic rings. The summed E-state index contributed by atoms with van der Waals surface area (Å²) in [7, 11) is 0. The van der Waals surface area contributed by atoms with E-state index in [1.54, 1.807) is 17.4 Å². The molecule has 3 N–H and O–H groups in total. The van der Waals surface area contributed by atoms with E-state index in [2.05, 4.69) is 26.4 Å². The first kappa shape index (κ1) is 28.7. The van der Waals surface area contributed by atoms with Crippen LogP contribution >= 0.6 is 11.3 Å². The second-order valence-corrected chi connectivity index (χ2v) is 9.50. The Labute approximate surface area is 217 Å². The number of fused-ring (bicyclic) bond motifs is 2. The van der Waals surface area contributed by atoms with Crippen molar-refractivity contribution in [1.29, 1.82) is 0 Å². The summed E-state index contributed by atoms with van der Waals surface area (Å²) in [6, 6.07) is 11.5. The van der Waals surface area contributed by atoms with Gasteiger partial charge in [-0.2, -0.15) is 22.8 Å². The minimum atomic E-state index is -5.08. The van der Waals surface area contributed by atoms with Gasteiger partial charge in [-0.15, -0.1) is 11.3 Å². The lowest BCUT2D eigenvalue weighted by atomic mass is 9.94. The summed E-state index contributed by atoms with van der Waals surface area (Å²) in [6.45, 7) is 5.07. The second kappa shape index (κ2) is 12.1. The van der Waals surface area contributed by atoms with Crippen LogP contribution in [0, 0.1) is 6.92 Å². The number of aliphatic carboxylic acids is 2. The lowest BCUT2D eigenvalue weighted by Crippen LogP contribution is -2.28. The van der Waals surface area contributed by atoms with E-state index in [1.807, 2.05) is 31.2 Å². The molecule has 0 aliphatic carbocycles. The average molecular weight is 552 g/mol. The fraction of sp³-hybridized carbons (Fsp3) is 0.333. The molecule has 0 atom stereocenters. The van der Waals surface area contributed by atoms with Gasteiger partial charge in [-0.3, -0.25) is 9.59 Å². The number of benzene rings is 1. The number of rotatable bonds is 2. The fourth-order valence-corrected chi connectivity index (χ4v) is 4.56. The molecule has 0 amide bonds. The molecular formula is C24H24F3N5O5S. The Bertz CT molecular complexity index is 1510. The van der Waals surface area contributed by atoms with Crippen LogP contribution in [0.15, 0.2) is 41.2 Å². The Balaban J connectivity index is 0.000000310. The highest BCUT2D eigenvalue weighted by molar-refractivity contribution is 7.18. The molecule has 1 aromatic carbocycles. The number of nitrogens with zero attached hydrogens (tertiary/aromatic N) is 4. The van der Waals surface area contributed by atoms with E-state index in [-0.39, 0.29) is 5.56 Å². The molecule has 14 heteroatoms. The molecule has 1 fully saturated rings. The van der Waals surface area contributed by atoms with E-state index in [0.29, 0.717) is 17.3 Å². The zero-order valence-electron chi connectivity index (χ0n) is 20.3. The zero-order valence-corrected chi connectivity index (χ0v) is 21.1. The minimum absolute atomic E-state index is 0.147. The number of nitrogens with one attached hydrogen (secondary N) is 1. The van der Waals surface area contributed by atoms with Crippen molar-refractivity contribution < 1.29 is 33.0 Å². The number of hydrogen-bond acceptors (Lipinski definition) is 8. The molecule has 3 aromatic heterocycles. The molecule has 4 aromatic rings. The van der Waals surface area contributed by atoms with E-state index in [4.69, 9.17) is 19.8 Å². The first-order valence-corrected chi connectivity index (χ1v) is 12.2. The van der Waals surface area contributed by atoms with Crippen LogP contribution in [-0.4, -0.2) is 61.0 Å². The third-order valence-electron chi connectivity index (χ3n) is 5.33. The SMILES string of the molecule is CC(=O)O.Cc1nc2ccc(-c3cc(=O)n4nc(C5CCNCC5)ccc4n3)cc2s1.O=C(O)C(F)(F)F.